The van der Waals surface area contributed by atoms with E-state index in [1.807, 2.05) is 0 Å². The fourth-order valence-electron chi connectivity index (χ4n) is 3.01. The first-order chi connectivity index (χ1) is 12.7. The highest BCUT2D eigenvalue weighted by Gasteiger charge is 2.31. The number of amides is 2. The minimum atomic E-state index is -0.830. The molecule has 0 bridgehead atoms. The predicted molar refractivity (Wildman–Crippen MR) is 97.2 cm³/mol. The zero-order chi connectivity index (χ0) is 20.1. The van der Waals surface area contributed by atoms with Crippen LogP contribution in [0, 0.1) is 5.21 Å². The Hall–Kier alpha value is -2.85. The molecule has 3 N–H and O–H groups in total. The molecule has 1 heterocycles. The Labute approximate surface area is 156 Å². The van der Waals surface area contributed by atoms with Gasteiger partial charge < -0.3 is 30.7 Å². The maximum absolute atomic E-state index is 12.4. The lowest BCUT2D eigenvalue weighted by molar-refractivity contribution is -0.143. The van der Waals surface area contributed by atoms with Crippen LogP contribution in [0.3, 0.4) is 0 Å². The number of nitrogens with two attached hydrogens (primary N) is 1. The number of piperidine rings is 1. The van der Waals surface area contributed by atoms with Gasteiger partial charge in [-0.15, -0.1) is 0 Å². The number of benzene rings is 1. The summed E-state index contributed by atoms with van der Waals surface area (Å²) in [6.07, 6.45) is 2.02. The highest BCUT2D eigenvalue weighted by atomic mass is 16.8. The number of likely N-dealkylation sites (tertiary alicyclic amines) is 1. The molecule has 0 unspecified atom stereocenters. The van der Waals surface area contributed by atoms with Crippen LogP contribution in [-0.4, -0.2) is 61.2 Å². The molecule has 1 aliphatic heterocycles. The van der Waals surface area contributed by atoms with E-state index in [2.05, 4.69) is 0 Å². The van der Waals surface area contributed by atoms with Crippen LogP contribution in [0.25, 0.3) is 0 Å². The first-order valence-corrected chi connectivity index (χ1v) is 8.45. The predicted octanol–water partition coefficient (Wildman–Crippen LogP) is 0.469. The molecule has 0 radical (unpaired) electrons. The summed E-state index contributed by atoms with van der Waals surface area (Å²) in [5, 5.41) is 19.7. The Balaban J connectivity index is 2.11. The fourth-order valence-corrected chi connectivity index (χ4v) is 3.01. The van der Waals surface area contributed by atoms with Crippen molar-refractivity contribution < 1.29 is 24.3 Å². The van der Waals surface area contributed by atoms with E-state index in [1.165, 1.54) is 23.1 Å². The number of hydrogen-bond acceptors (Lipinski definition) is 8. The average Bonchev–Trinajstić information content (AvgIpc) is 2.65. The summed E-state index contributed by atoms with van der Waals surface area (Å²) in [6.45, 7) is -0.183. The van der Waals surface area contributed by atoms with Crippen molar-refractivity contribution in [2.24, 2.45) is 5.73 Å². The van der Waals surface area contributed by atoms with E-state index in [-0.39, 0.29) is 16.5 Å². The molecule has 0 aromatic heterocycles. The lowest BCUT2D eigenvalue weighted by Gasteiger charge is -2.33. The zero-order valence-electron chi connectivity index (χ0n) is 15.3. The zero-order valence-corrected chi connectivity index (χ0v) is 15.3. The van der Waals surface area contributed by atoms with E-state index in [9.17, 15) is 19.6 Å². The maximum Gasteiger partial charge on any atom is 0.340 e. The van der Waals surface area contributed by atoms with Crippen LogP contribution in [-0.2, 0) is 14.3 Å². The number of anilines is 2. The molecule has 27 heavy (non-hydrogen) atoms. The molecule has 148 valence electrons. The number of nitrogens with zero attached hydrogens (tertiary/aromatic N) is 3. The van der Waals surface area contributed by atoms with Crippen LogP contribution >= 0.6 is 0 Å². The summed E-state index contributed by atoms with van der Waals surface area (Å²) in [5.41, 5.74) is 5.66. The van der Waals surface area contributed by atoms with Crippen LogP contribution in [0.2, 0.25) is 0 Å². The van der Waals surface area contributed by atoms with Gasteiger partial charge in [0.25, 0.3) is 5.91 Å². The van der Waals surface area contributed by atoms with Crippen molar-refractivity contribution in [2.45, 2.75) is 25.3 Å². The van der Waals surface area contributed by atoms with Gasteiger partial charge in [0.05, 0.1) is 16.9 Å². The molecule has 2 amide bonds. The summed E-state index contributed by atoms with van der Waals surface area (Å²) < 4.78 is 5.09. The third-order valence-corrected chi connectivity index (χ3v) is 4.38. The molecule has 1 fully saturated rings. The highest BCUT2D eigenvalue weighted by molar-refractivity contribution is 5.98. The molecule has 0 saturated carbocycles. The summed E-state index contributed by atoms with van der Waals surface area (Å²) >= 11 is 0. The first kappa shape index (κ1) is 20.5. The van der Waals surface area contributed by atoms with Crippen LogP contribution in [0.5, 0.6) is 0 Å². The van der Waals surface area contributed by atoms with E-state index >= 15 is 0 Å². The van der Waals surface area contributed by atoms with Gasteiger partial charge in [-0.3, -0.25) is 14.8 Å². The minimum absolute atomic E-state index is 0.0188. The molecule has 1 aliphatic rings. The Morgan fingerprint density at radius 2 is 2.04 bits per heavy atom. The molecule has 0 spiro atoms. The van der Waals surface area contributed by atoms with E-state index in [1.54, 1.807) is 19.0 Å². The largest absolute Gasteiger partial charge is 0.733 e. The number of carbonyl (C=O) groups is 3. The number of esters is 1. The smallest absolute Gasteiger partial charge is 0.340 e. The molecule has 1 saturated heterocycles. The quantitative estimate of drug-likeness (QED) is 0.537. The van der Waals surface area contributed by atoms with Gasteiger partial charge in [-0.2, -0.15) is 0 Å². The standard InChI is InChI=1S/C17H23N4O6/c1-19(2)13-7-6-11(21(25)26)9-12(13)17(24)27-10-15(22)20-8-4-3-5-14(20)16(18)23/h6-7,9,14,25H,3-5,8,10H2,1-2H3,(H2,18,23)/q-1/t14-/m0/s1. The normalized spacial score (nSPS) is 16.6. The second kappa shape index (κ2) is 8.69. The lowest BCUT2D eigenvalue weighted by Crippen LogP contribution is -2.51. The Morgan fingerprint density at radius 3 is 2.63 bits per heavy atom. The summed E-state index contributed by atoms with van der Waals surface area (Å²) in [6, 6.07) is 3.29. The van der Waals surface area contributed by atoms with E-state index in [4.69, 9.17) is 15.7 Å². The first-order valence-electron chi connectivity index (χ1n) is 8.45. The number of ether oxygens (including phenoxy) is 1. The van der Waals surface area contributed by atoms with Gasteiger partial charge in [0, 0.05) is 20.6 Å². The molecule has 10 heteroatoms. The van der Waals surface area contributed by atoms with E-state index < -0.39 is 30.4 Å². The number of primary amides is 1. The SMILES string of the molecule is CN(C)c1ccc(N([O-])O)cc1C(=O)OCC(=O)N1CCCC[C@H]1C(N)=O. The van der Waals surface area contributed by atoms with Crippen molar-refractivity contribution in [3.63, 3.8) is 0 Å². The van der Waals surface area contributed by atoms with Crippen molar-refractivity contribution >= 4 is 29.2 Å². The van der Waals surface area contributed by atoms with Crippen molar-refractivity contribution in [1.82, 2.24) is 4.90 Å². The lowest BCUT2D eigenvalue weighted by atomic mass is 10.0. The van der Waals surface area contributed by atoms with Gasteiger partial charge in [0.2, 0.25) is 5.91 Å². The Kier molecular flexibility index (Phi) is 6.59. The monoisotopic (exact) mass is 379 g/mol. The fraction of sp³-hybridized carbons (Fsp3) is 0.471. The van der Waals surface area contributed by atoms with Crippen LogP contribution in [0.1, 0.15) is 29.6 Å². The van der Waals surface area contributed by atoms with Gasteiger partial charge in [0.15, 0.2) is 6.61 Å². The van der Waals surface area contributed by atoms with Gasteiger partial charge in [0.1, 0.15) is 6.04 Å². The van der Waals surface area contributed by atoms with E-state index in [0.29, 0.717) is 18.7 Å². The molecule has 2 rings (SSSR count). The summed E-state index contributed by atoms with van der Waals surface area (Å²) in [5.74, 6) is -1.93. The minimum Gasteiger partial charge on any atom is -0.733 e. The van der Waals surface area contributed by atoms with Crippen LogP contribution in [0.4, 0.5) is 11.4 Å². The maximum atomic E-state index is 12.4. The van der Waals surface area contributed by atoms with Gasteiger partial charge >= 0.3 is 5.97 Å². The highest BCUT2D eigenvalue weighted by Crippen LogP contribution is 2.25. The molecule has 1 aromatic carbocycles. The second-order valence-electron chi connectivity index (χ2n) is 6.45. The van der Waals surface area contributed by atoms with Crippen molar-refractivity contribution in [3.8, 4) is 0 Å². The number of rotatable bonds is 6. The molecular formula is C17H23N4O6-. The second-order valence-corrected chi connectivity index (χ2v) is 6.45. The van der Waals surface area contributed by atoms with Gasteiger partial charge in [-0.25, -0.2) is 4.79 Å². The molecular weight excluding hydrogens is 356 g/mol. The van der Waals surface area contributed by atoms with Crippen molar-refractivity contribution in [3.05, 3.63) is 29.0 Å². The van der Waals surface area contributed by atoms with Gasteiger partial charge in [-0.1, -0.05) is 0 Å². The van der Waals surface area contributed by atoms with Crippen LogP contribution < -0.4 is 15.9 Å². The molecule has 1 atom stereocenters. The molecule has 10 nitrogen and oxygen atoms in total. The number of carbonyl (C=O) groups excluding carboxylic acids is 3. The van der Waals surface area contributed by atoms with Crippen LogP contribution in [0.15, 0.2) is 18.2 Å². The van der Waals surface area contributed by atoms with Crippen molar-refractivity contribution in [1.29, 1.82) is 0 Å². The average molecular weight is 379 g/mol. The third kappa shape index (κ3) is 4.86. The van der Waals surface area contributed by atoms with E-state index in [0.717, 1.165) is 12.8 Å². The third-order valence-electron chi connectivity index (χ3n) is 4.38. The summed E-state index contributed by atoms with van der Waals surface area (Å²) in [4.78, 5) is 39.3. The number of hydrogen-bond donors (Lipinski definition) is 2. The topological polar surface area (TPSA) is 139 Å². The molecule has 1 aromatic rings. The van der Waals surface area contributed by atoms with Gasteiger partial charge in [-0.05, 0) is 37.5 Å². The Bertz CT molecular complexity index is 721. The Morgan fingerprint density at radius 1 is 1.33 bits per heavy atom. The molecule has 0 aliphatic carbocycles. The summed E-state index contributed by atoms with van der Waals surface area (Å²) in [7, 11) is 3.38. The van der Waals surface area contributed by atoms with Crippen molar-refractivity contribution in [2.75, 3.05) is 37.4 Å².